The second-order valence-electron chi connectivity index (χ2n) is 8.43. The van der Waals surface area contributed by atoms with Crippen LogP contribution in [0.25, 0.3) is 11.3 Å². The summed E-state index contributed by atoms with van der Waals surface area (Å²) in [5.74, 6) is -0.218. The highest BCUT2D eigenvalue weighted by molar-refractivity contribution is 5.95. The van der Waals surface area contributed by atoms with E-state index in [1.54, 1.807) is 6.07 Å². The lowest BCUT2D eigenvalue weighted by atomic mass is 10.1. The average molecular weight is 462 g/mol. The molecule has 2 amide bonds. The zero-order valence-electron chi connectivity index (χ0n) is 19.5. The summed E-state index contributed by atoms with van der Waals surface area (Å²) in [6, 6.07) is 19.3. The van der Waals surface area contributed by atoms with Crippen molar-refractivity contribution in [2.45, 2.75) is 20.0 Å². The van der Waals surface area contributed by atoms with Crippen molar-refractivity contribution in [3.63, 3.8) is 0 Å². The monoisotopic (exact) mass is 461 g/mol. The molecular formula is C26H31N5O3. The zero-order valence-corrected chi connectivity index (χ0v) is 19.5. The van der Waals surface area contributed by atoms with E-state index in [0.717, 1.165) is 50.4 Å². The van der Waals surface area contributed by atoms with Gasteiger partial charge in [0.05, 0.1) is 6.54 Å². The van der Waals surface area contributed by atoms with Crippen molar-refractivity contribution < 1.29 is 14.1 Å². The van der Waals surface area contributed by atoms with Crippen LogP contribution in [-0.2, 0) is 17.9 Å². The number of nitrogens with zero attached hydrogens (tertiary/aromatic N) is 3. The number of rotatable bonds is 9. The molecule has 3 aromatic rings. The third-order valence-corrected chi connectivity index (χ3v) is 6.04. The Morgan fingerprint density at radius 3 is 2.29 bits per heavy atom. The molecule has 34 heavy (non-hydrogen) atoms. The molecule has 1 aliphatic heterocycles. The summed E-state index contributed by atoms with van der Waals surface area (Å²) in [5.41, 5.74) is 3.26. The normalized spacial score (nSPS) is 14.6. The smallest absolute Gasteiger partial charge is 0.273 e. The van der Waals surface area contributed by atoms with Gasteiger partial charge in [-0.2, -0.15) is 0 Å². The quantitative estimate of drug-likeness (QED) is 0.509. The lowest BCUT2D eigenvalue weighted by Crippen LogP contribution is -2.45. The number of aromatic nitrogens is 1. The van der Waals surface area contributed by atoms with Crippen LogP contribution in [-0.4, -0.2) is 66.0 Å². The molecule has 2 aromatic carbocycles. The number of carbonyl (C=O) groups excluding carboxylic acids is 2. The first-order valence-electron chi connectivity index (χ1n) is 11.7. The average Bonchev–Trinajstić information content (AvgIpc) is 3.38. The number of piperazine rings is 1. The maximum atomic E-state index is 12.3. The Hall–Kier alpha value is -3.49. The number of amides is 2. The van der Waals surface area contributed by atoms with Crippen molar-refractivity contribution in [3.8, 4) is 11.3 Å². The standard InChI is InChI=1S/C26H31N5O3/c1-2-30-12-14-31(15-13-30)19-21-10-8-20(9-11-21)17-27-25(32)18-28-26(33)23-16-24(34-29-23)22-6-4-3-5-7-22/h3-11,16H,2,12-15,17-19H2,1H3,(H,27,32)(H,28,33). The summed E-state index contributed by atoms with van der Waals surface area (Å²) in [4.78, 5) is 29.4. The molecule has 8 nitrogen and oxygen atoms in total. The van der Waals surface area contributed by atoms with E-state index >= 15 is 0 Å². The van der Waals surface area contributed by atoms with E-state index < -0.39 is 5.91 Å². The molecule has 2 heterocycles. The highest BCUT2D eigenvalue weighted by Crippen LogP contribution is 2.19. The van der Waals surface area contributed by atoms with Crippen molar-refractivity contribution >= 4 is 11.8 Å². The van der Waals surface area contributed by atoms with Crippen molar-refractivity contribution in [3.05, 3.63) is 77.5 Å². The molecule has 178 valence electrons. The van der Waals surface area contributed by atoms with Crippen LogP contribution in [0.5, 0.6) is 0 Å². The molecule has 0 bridgehead atoms. The van der Waals surface area contributed by atoms with Gasteiger partial charge in [-0.25, -0.2) is 0 Å². The fraction of sp³-hybridized carbons (Fsp3) is 0.346. The Kier molecular flexibility index (Phi) is 8.06. The molecule has 0 radical (unpaired) electrons. The summed E-state index contributed by atoms with van der Waals surface area (Å²) in [6.07, 6.45) is 0. The van der Waals surface area contributed by atoms with Gasteiger partial charge < -0.3 is 20.1 Å². The Bertz CT molecular complexity index is 1070. The number of hydrogen-bond acceptors (Lipinski definition) is 6. The van der Waals surface area contributed by atoms with Crippen molar-refractivity contribution in [2.24, 2.45) is 0 Å². The summed E-state index contributed by atoms with van der Waals surface area (Å²) in [5, 5.41) is 9.21. The van der Waals surface area contributed by atoms with Gasteiger partial charge >= 0.3 is 0 Å². The summed E-state index contributed by atoms with van der Waals surface area (Å²) < 4.78 is 5.23. The van der Waals surface area contributed by atoms with Gasteiger partial charge in [0.1, 0.15) is 0 Å². The minimum atomic E-state index is -0.454. The largest absolute Gasteiger partial charge is 0.355 e. The molecule has 1 aliphatic rings. The Labute approximate surface area is 199 Å². The SMILES string of the molecule is CCN1CCN(Cc2ccc(CNC(=O)CNC(=O)c3cc(-c4ccccc4)on3)cc2)CC1. The Morgan fingerprint density at radius 2 is 1.59 bits per heavy atom. The molecule has 0 saturated carbocycles. The van der Waals surface area contributed by atoms with Gasteiger partial charge in [-0.3, -0.25) is 14.5 Å². The van der Waals surface area contributed by atoms with Crippen LogP contribution in [0.15, 0.2) is 65.2 Å². The van der Waals surface area contributed by atoms with Gasteiger partial charge in [0.25, 0.3) is 5.91 Å². The van der Waals surface area contributed by atoms with Gasteiger partial charge in [0.15, 0.2) is 11.5 Å². The first-order valence-corrected chi connectivity index (χ1v) is 11.7. The lowest BCUT2D eigenvalue weighted by molar-refractivity contribution is -0.120. The minimum absolute atomic E-state index is 0.131. The number of likely N-dealkylation sites (N-methyl/N-ethyl adjacent to an activating group) is 1. The predicted molar refractivity (Wildman–Crippen MR) is 130 cm³/mol. The zero-order chi connectivity index (χ0) is 23.8. The van der Waals surface area contributed by atoms with Crippen molar-refractivity contribution in [1.82, 2.24) is 25.6 Å². The van der Waals surface area contributed by atoms with Crippen LogP contribution in [0.1, 0.15) is 28.5 Å². The predicted octanol–water partition coefficient (Wildman–Crippen LogP) is 2.53. The molecule has 1 fully saturated rings. The lowest BCUT2D eigenvalue weighted by Gasteiger charge is -2.34. The fourth-order valence-corrected chi connectivity index (χ4v) is 3.92. The molecule has 1 aromatic heterocycles. The summed E-state index contributed by atoms with van der Waals surface area (Å²) in [6.45, 7) is 9.00. The topological polar surface area (TPSA) is 90.7 Å². The third kappa shape index (κ3) is 6.52. The summed E-state index contributed by atoms with van der Waals surface area (Å²) >= 11 is 0. The minimum Gasteiger partial charge on any atom is -0.355 e. The Morgan fingerprint density at radius 1 is 0.912 bits per heavy atom. The van der Waals surface area contributed by atoms with E-state index in [9.17, 15) is 9.59 Å². The molecule has 1 saturated heterocycles. The van der Waals surface area contributed by atoms with E-state index in [2.05, 4.69) is 44.6 Å². The second-order valence-corrected chi connectivity index (χ2v) is 8.43. The number of benzene rings is 2. The maximum Gasteiger partial charge on any atom is 0.273 e. The molecule has 0 atom stereocenters. The van der Waals surface area contributed by atoms with E-state index in [1.165, 1.54) is 5.56 Å². The highest BCUT2D eigenvalue weighted by Gasteiger charge is 2.16. The van der Waals surface area contributed by atoms with Crippen LogP contribution < -0.4 is 10.6 Å². The fourth-order valence-electron chi connectivity index (χ4n) is 3.92. The van der Waals surface area contributed by atoms with Crippen LogP contribution >= 0.6 is 0 Å². The maximum absolute atomic E-state index is 12.3. The second kappa shape index (κ2) is 11.6. The van der Waals surface area contributed by atoms with Gasteiger partial charge in [-0.05, 0) is 17.7 Å². The first kappa shape index (κ1) is 23.7. The number of nitrogens with one attached hydrogen (secondary N) is 2. The van der Waals surface area contributed by atoms with Crippen LogP contribution in [0.3, 0.4) is 0 Å². The van der Waals surface area contributed by atoms with E-state index in [-0.39, 0.29) is 18.1 Å². The van der Waals surface area contributed by atoms with E-state index in [1.807, 2.05) is 42.5 Å². The van der Waals surface area contributed by atoms with Crippen LogP contribution in [0.4, 0.5) is 0 Å². The summed E-state index contributed by atoms with van der Waals surface area (Å²) in [7, 11) is 0. The molecule has 0 spiro atoms. The first-order chi connectivity index (χ1) is 16.6. The van der Waals surface area contributed by atoms with Crippen LogP contribution in [0, 0.1) is 0 Å². The number of hydrogen-bond donors (Lipinski definition) is 2. The number of carbonyl (C=O) groups is 2. The third-order valence-electron chi connectivity index (χ3n) is 6.04. The van der Waals surface area contributed by atoms with Crippen molar-refractivity contribution in [2.75, 3.05) is 39.3 Å². The highest BCUT2D eigenvalue weighted by atomic mass is 16.5. The molecule has 0 unspecified atom stereocenters. The van der Waals surface area contributed by atoms with Gasteiger partial charge in [-0.15, -0.1) is 0 Å². The Balaban J connectivity index is 1.18. The van der Waals surface area contributed by atoms with Gasteiger partial charge in [-0.1, -0.05) is 66.7 Å². The van der Waals surface area contributed by atoms with Gasteiger partial charge in [0, 0.05) is 50.9 Å². The van der Waals surface area contributed by atoms with E-state index in [4.69, 9.17) is 4.52 Å². The molecule has 0 aliphatic carbocycles. The van der Waals surface area contributed by atoms with Crippen molar-refractivity contribution in [1.29, 1.82) is 0 Å². The molecule has 2 N–H and O–H groups in total. The van der Waals surface area contributed by atoms with E-state index in [0.29, 0.717) is 12.3 Å². The molecular weight excluding hydrogens is 430 g/mol. The van der Waals surface area contributed by atoms with Crippen LogP contribution in [0.2, 0.25) is 0 Å². The van der Waals surface area contributed by atoms with Gasteiger partial charge in [0.2, 0.25) is 5.91 Å². The molecule has 8 heteroatoms. The molecule has 4 rings (SSSR count).